The number of hydrogen-bond donors (Lipinski definition) is 2. The average Bonchev–Trinajstić information content (AvgIpc) is 2.10. The molecular formula is C6H11N2O5P. The van der Waals surface area contributed by atoms with Gasteiger partial charge in [-0.25, -0.2) is 4.79 Å². The van der Waals surface area contributed by atoms with Crippen LogP contribution in [0.15, 0.2) is 0 Å². The smallest absolute Gasteiger partial charge is 0.405 e. The van der Waals surface area contributed by atoms with Crippen LogP contribution in [0.1, 0.15) is 0 Å². The standard InChI is InChI=1S/C6H11N2O5P/c1-13-14(2,12)8-3-4(5(8)9)7-6(10)11/h4,7H,3H2,1-2H3,(H,10,11)/t4-,14?/m0/s1. The fourth-order valence-corrected chi connectivity index (χ4v) is 2.25. The molecule has 2 N–H and O–H groups in total. The molecule has 2 atom stereocenters. The molecule has 0 aromatic rings. The summed E-state index contributed by atoms with van der Waals surface area (Å²) < 4.78 is 17.2. The van der Waals surface area contributed by atoms with Gasteiger partial charge in [0.2, 0.25) is 0 Å². The third-order valence-corrected chi connectivity index (χ3v) is 3.90. The predicted molar refractivity (Wildman–Crippen MR) is 47.2 cm³/mol. The molecule has 1 aliphatic rings. The van der Waals surface area contributed by atoms with Crippen LogP contribution in [0.2, 0.25) is 0 Å². The first-order valence-electron chi connectivity index (χ1n) is 3.83. The summed E-state index contributed by atoms with van der Waals surface area (Å²) in [6.45, 7) is 1.40. The van der Waals surface area contributed by atoms with E-state index in [1.54, 1.807) is 0 Å². The summed E-state index contributed by atoms with van der Waals surface area (Å²) in [6, 6.07) is -0.795. The highest BCUT2D eigenvalue weighted by Crippen LogP contribution is 2.49. The second-order valence-corrected chi connectivity index (χ2v) is 5.36. The lowest BCUT2D eigenvalue weighted by atomic mass is 10.2. The molecule has 1 saturated heterocycles. The molecule has 1 unspecified atom stereocenters. The Balaban J connectivity index is 2.56. The second kappa shape index (κ2) is 3.59. The number of amides is 2. The Hall–Kier alpha value is -1.07. The van der Waals surface area contributed by atoms with E-state index in [-0.39, 0.29) is 6.54 Å². The van der Waals surface area contributed by atoms with Gasteiger partial charge in [-0.1, -0.05) is 0 Å². The van der Waals surface area contributed by atoms with E-state index in [1.165, 1.54) is 13.8 Å². The normalized spacial score (nSPS) is 25.1. The quantitative estimate of drug-likeness (QED) is 0.514. The molecule has 0 aromatic heterocycles. The molecule has 1 aliphatic heterocycles. The maximum absolute atomic E-state index is 11.5. The Kier molecular flexibility index (Phi) is 2.82. The van der Waals surface area contributed by atoms with Gasteiger partial charge < -0.3 is 14.9 Å². The van der Waals surface area contributed by atoms with E-state index in [4.69, 9.17) is 5.11 Å². The molecule has 1 rings (SSSR count). The van der Waals surface area contributed by atoms with E-state index < -0.39 is 25.6 Å². The van der Waals surface area contributed by atoms with Crippen LogP contribution in [0.3, 0.4) is 0 Å². The molecule has 0 radical (unpaired) electrons. The van der Waals surface area contributed by atoms with Crippen LogP contribution in [-0.2, 0) is 13.9 Å². The first-order valence-corrected chi connectivity index (χ1v) is 5.85. The van der Waals surface area contributed by atoms with Crippen molar-refractivity contribution in [2.24, 2.45) is 0 Å². The molecule has 0 bridgehead atoms. The van der Waals surface area contributed by atoms with Gasteiger partial charge in [0.05, 0.1) is 6.54 Å². The van der Waals surface area contributed by atoms with Crippen LogP contribution in [0.25, 0.3) is 0 Å². The summed E-state index contributed by atoms with van der Waals surface area (Å²) in [5.74, 6) is -0.514. The van der Waals surface area contributed by atoms with Crippen molar-refractivity contribution in [1.82, 2.24) is 9.99 Å². The van der Waals surface area contributed by atoms with Crippen molar-refractivity contribution in [3.63, 3.8) is 0 Å². The van der Waals surface area contributed by atoms with Crippen molar-refractivity contribution in [2.75, 3.05) is 20.3 Å². The van der Waals surface area contributed by atoms with Crippen molar-refractivity contribution in [1.29, 1.82) is 0 Å². The van der Waals surface area contributed by atoms with Crippen LogP contribution in [0.4, 0.5) is 4.79 Å². The summed E-state index contributed by atoms with van der Waals surface area (Å²) in [5.41, 5.74) is 0. The van der Waals surface area contributed by atoms with E-state index in [2.05, 4.69) is 4.52 Å². The second-order valence-electron chi connectivity index (χ2n) is 2.91. The van der Waals surface area contributed by atoms with E-state index in [0.717, 1.165) is 4.67 Å². The minimum atomic E-state index is -3.06. The van der Waals surface area contributed by atoms with Crippen LogP contribution in [0, 0.1) is 0 Å². The number of hydrogen-bond acceptors (Lipinski definition) is 4. The van der Waals surface area contributed by atoms with Gasteiger partial charge in [0.25, 0.3) is 13.4 Å². The highest BCUT2D eigenvalue weighted by molar-refractivity contribution is 7.56. The summed E-state index contributed by atoms with van der Waals surface area (Å²) in [7, 11) is -1.82. The lowest BCUT2D eigenvalue weighted by Crippen LogP contribution is -2.62. The number of rotatable bonds is 3. The van der Waals surface area contributed by atoms with Crippen LogP contribution in [0.5, 0.6) is 0 Å². The molecule has 14 heavy (non-hydrogen) atoms. The van der Waals surface area contributed by atoms with Crippen molar-refractivity contribution in [3.8, 4) is 0 Å². The van der Waals surface area contributed by atoms with E-state index in [0.29, 0.717) is 0 Å². The zero-order valence-electron chi connectivity index (χ0n) is 7.76. The largest absolute Gasteiger partial charge is 0.465 e. The number of β-lactam (4-membered cyclic amide) rings is 1. The van der Waals surface area contributed by atoms with Gasteiger partial charge in [-0.15, -0.1) is 0 Å². The summed E-state index contributed by atoms with van der Waals surface area (Å²) >= 11 is 0. The average molecular weight is 222 g/mol. The molecule has 1 heterocycles. The zero-order chi connectivity index (χ0) is 10.9. The molecule has 1 fully saturated rings. The van der Waals surface area contributed by atoms with E-state index in [9.17, 15) is 14.2 Å². The maximum atomic E-state index is 11.5. The van der Waals surface area contributed by atoms with Gasteiger partial charge in [-0.05, 0) is 0 Å². The Morgan fingerprint density at radius 3 is 2.71 bits per heavy atom. The number of nitrogens with one attached hydrogen (secondary N) is 1. The SMILES string of the molecule is COP(C)(=O)N1C[C@H](NC(=O)O)C1=O. The van der Waals surface area contributed by atoms with Gasteiger partial charge in [-0.2, -0.15) is 0 Å². The first-order chi connectivity index (χ1) is 6.38. The highest BCUT2D eigenvalue weighted by Gasteiger charge is 2.45. The monoisotopic (exact) mass is 222 g/mol. The lowest BCUT2D eigenvalue weighted by Gasteiger charge is -2.40. The van der Waals surface area contributed by atoms with E-state index >= 15 is 0 Å². The molecule has 0 aliphatic carbocycles. The van der Waals surface area contributed by atoms with Crippen LogP contribution >= 0.6 is 7.52 Å². The van der Waals surface area contributed by atoms with Crippen molar-refractivity contribution < 1.29 is 23.8 Å². The van der Waals surface area contributed by atoms with Gasteiger partial charge in [0.15, 0.2) is 0 Å². The number of carboxylic acid groups (broad SMARTS) is 1. The molecule has 8 heteroatoms. The fraction of sp³-hybridized carbons (Fsp3) is 0.667. The third-order valence-electron chi connectivity index (χ3n) is 1.98. The topological polar surface area (TPSA) is 95.9 Å². The van der Waals surface area contributed by atoms with E-state index in [1.807, 2.05) is 5.32 Å². The van der Waals surface area contributed by atoms with Gasteiger partial charge >= 0.3 is 6.09 Å². The lowest BCUT2D eigenvalue weighted by molar-refractivity contribution is -0.137. The number of carbonyl (C=O) groups excluding carboxylic acids is 1. The maximum Gasteiger partial charge on any atom is 0.405 e. The molecule has 7 nitrogen and oxygen atoms in total. The summed E-state index contributed by atoms with van der Waals surface area (Å²) in [6.07, 6.45) is -1.27. The molecule has 0 saturated carbocycles. The first kappa shape index (κ1) is 11.0. The van der Waals surface area contributed by atoms with Gasteiger partial charge in [0, 0.05) is 13.8 Å². The van der Waals surface area contributed by atoms with Crippen molar-refractivity contribution in [2.45, 2.75) is 6.04 Å². The van der Waals surface area contributed by atoms with Crippen LogP contribution in [-0.4, -0.2) is 48.1 Å². The van der Waals surface area contributed by atoms with Gasteiger partial charge in [0.1, 0.15) is 6.04 Å². The molecule has 80 valence electrons. The summed E-state index contributed by atoms with van der Waals surface area (Å²) in [4.78, 5) is 21.4. The highest BCUT2D eigenvalue weighted by atomic mass is 31.2. The Morgan fingerprint density at radius 1 is 1.79 bits per heavy atom. The molecule has 0 aromatic carbocycles. The number of nitrogens with zero attached hydrogens (tertiary/aromatic N) is 1. The summed E-state index contributed by atoms with van der Waals surface area (Å²) in [5, 5.41) is 10.3. The predicted octanol–water partition coefficient (Wildman–Crippen LogP) is -0.0659. The van der Waals surface area contributed by atoms with Crippen LogP contribution < -0.4 is 5.32 Å². The molecule has 2 amide bonds. The fourth-order valence-electron chi connectivity index (χ4n) is 1.09. The minimum absolute atomic E-state index is 0.0900. The molecular weight excluding hydrogens is 211 g/mol. The number of carbonyl (C=O) groups is 2. The molecule has 0 spiro atoms. The zero-order valence-corrected chi connectivity index (χ0v) is 8.65. The Bertz CT molecular complexity index is 317. The van der Waals surface area contributed by atoms with Gasteiger partial charge in [-0.3, -0.25) is 14.0 Å². The Morgan fingerprint density at radius 2 is 2.36 bits per heavy atom. The Labute approximate surface area is 80.5 Å². The third kappa shape index (κ3) is 1.88. The van der Waals surface area contributed by atoms with Crippen molar-refractivity contribution >= 4 is 19.5 Å². The van der Waals surface area contributed by atoms with Crippen molar-refractivity contribution in [3.05, 3.63) is 0 Å². The minimum Gasteiger partial charge on any atom is -0.465 e.